The predicted octanol–water partition coefficient (Wildman–Crippen LogP) is 3.06. The van der Waals surface area contributed by atoms with Gasteiger partial charge in [-0.05, 0) is 42.5 Å². The molecule has 1 aromatic heterocycles. The van der Waals surface area contributed by atoms with Crippen LogP contribution >= 0.6 is 15.9 Å². The van der Waals surface area contributed by atoms with Gasteiger partial charge in [0.15, 0.2) is 0 Å². The summed E-state index contributed by atoms with van der Waals surface area (Å²) in [6.07, 6.45) is 6.30. The van der Waals surface area contributed by atoms with Gasteiger partial charge >= 0.3 is 0 Å². The standard InChI is InChI=1S/C16H11BrN2O3/c17-11-4-1-5-12(10-11)19-16(21)14(15(20)18-19)8-2-6-13-7-3-9-22-13/h1-10H,(H,18,20)/b6-2+,14-8+. The number of nitrogens with one attached hydrogen (secondary N) is 1. The minimum absolute atomic E-state index is 0.0720. The van der Waals surface area contributed by atoms with Crippen molar-refractivity contribution in [2.24, 2.45) is 0 Å². The van der Waals surface area contributed by atoms with Crippen LogP contribution in [-0.2, 0) is 9.59 Å². The van der Waals surface area contributed by atoms with E-state index >= 15 is 0 Å². The van der Waals surface area contributed by atoms with E-state index in [4.69, 9.17) is 4.42 Å². The zero-order valence-electron chi connectivity index (χ0n) is 11.3. The molecule has 1 aliphatic heterocycles. The third-order valence-electron chi connectivity index (χ3n) is 3.02. The lowest BCUT2D eigenvalue weighted by molar-refractivity contribution is -0.117. The molecule has 22 heavy (non-hydrogen) atoms. The van der Waals surface area contributed by atoms with Crippen molar-refractivity contribution < 1.29 is 14.0 Å². The first-order chi connectivity index (χ1) is 10.6. The molecule has 0 spiro atoms. The molecular weight excluding hydrogens is 348 g/mol. The first kappa shape index (κ1) is 14.3. The first-order valence-electron chi connectivity index (χ1n) is 6.48. The Kier molecular flexibility index (Phi) is 3.93. The lowest BCUT2D eigenvalue weighted by Crippen LogP contribution is -2.35. The van der Waals surface area contributed by atoms with Crippen molar-refractivity contribution in [3.63, 3.8) is 0 Å². The van der Waals surface area contributed by atoms with Gasteiger partial charge in [-0.25, -0.2) is 5.01 Å². The summed E-state index contributed by atoms with van der Waals surface area (Å²) >= 11 is 3.34. The topological polar surface area (TPSA) is 62.6 Å². The van der Waals surface area contributed by atoms with E-state index in [1.165, 1.54) is 11.1 Å². The van der Waals surface area contributed by atoms with E-state index < -0.39 is 11.8 Å². The van der Waals surface area contributed by atoms with E-state index in [1.54, 1.807) is 48.7 Å². The minimum Gasteiger partial charge on any atom is -0.465 e. The Morgan fingerprint density at radius 2 is 2.05 bits per heavy atom. The molecule has 1 N–H and O–H groups in total. The molecule has 3 rings (SSSR count). The monoisotopic (exact) mass is 358 g/mol. The summed E-state index contributed by atoms with van der Waals surface area (Å²) in [5, 5.41) is 1.22. The molecule has 1 aliphatic rings. The average molecular weight is 359 g/mol. The zero-order chi connectivity index (χ0) is 15.5. The number of rotatable bonds is 3. The van der Waals surface area contributed by atoms with Gasteiger partial charge in [-0.2, -0.15) is 0 Å². The number of benzene rings is 1. The highest BCUT2D eigenvalue weighted by molar-refractivity contribution is 9.10. The van der Waals surface area contributed by atoms with Crippen molar-refractivity contribution in [1.29, 1.82) is 0 Å². The molecule has 1 saturated heterocycles. The van der Waals surface area contributed by atoms with E-state index in [9.17, 15) is 9.59 Å². The number of amides is 2. The number of allylic oxidation sites excluding steroid dienone is 2. The van der Waals surface area contributed by atoms with Crippen LogP contribution in [0.3, 0.4) is 0 Å². The lowest BCUT2D eigenvalue weighted by Gasteiger charge is -2.14. The quantitative estimate of drug-likeness (QED) is 0.677. The van der Waals surface area contributed by atoms with Crippen LogP contribution < -0.4 is 10.4 Å². The van der Waals surface area contributed by atoms with Crippen LogP contribution in [0.4, 0.5) is 5.69 Å². The number of carbonyl (C=O) groups excluding carboxylic acids is 2. The Balaban J connectivity index is 1.82. The van der Waals surface area contributed by atoms with Gasteiger partial charge in [0.05, 0.1) is 12.0 Å². The maximum absolute atomic E-state index is 12.3. The first-order valence-corrected chi connectivity index (χ1v) is 7.27. The fourth-order valence-corrected chi connectivity index (χ4v) is 2.39. The van der Waals surface area contributed by atoms with Crippen LogP contribution in [0.25, 0.3) is 6.08 Å². The molecule has 1 aromatic carbocycles. The summed E-state index contributed by atoms with van der Waals surface area (Å²) in [6, 6.07) is 10.7. The molecule has 0 aliphatic carbocycles. The zero-order valence-corrected chi connectivity index (χ0v) is 12.9. The maximum atomic E-state index is 12.3. The molecule has 0 unspecified atom stereocenters. The fourth-order valence-electron chi connectivity index (χ4n) is 2.00. The van der Waals surface area contributed by atoms with Crippen LogP contribution in [0.5, 0.6) is 0 Å². The number of halogens is 1. The Morgan fingerprint density at radius 1 is 1.18 bits per heavy atom. The molecule has 110 valence electrons. The van der Waals surface area contributed by atoms with Crippen molar-refractivity contribution in [2.75, 3.05) is 5.01 Å². The fraction of sp³-hybridized carbons (Fsp3) is 0. The van der Waals surface area contributed by atoms with E-state index in [-0.39, 0.29) is 5.57 Å². The Hall–Kier alpha value is -2.60. The normalized spacial score (nSPS) is 16.8. The van der Waals surface area contributed by atoms with Crippen molar-refractivity contribution in [3.05, 3.63) is 70.6 Å². The third kappa shape index (κ3) is 2.87. The van der Waals surface area contributed by atoms with Crippen LogP contribution in [0.15, 0.2) is 69.3 Å². The van der Waals surface area contributed by atoms with Crippen LogP contribution in [0.2, 0.25) is 0 Å². The van der Waals surface area contributed by atoms with Crippen molar-refractivity contribution in [2.45, 2.75) is 0 Å². The summed E-state index contributed by atoms with van der Waals surface area (Å²) < 4.78 is 5.96. The van der Waals surface area contributed by atoms with Gasteiger partial charge in [0.1, 0.15) is 11.3 Å². The summed E-state index contributed by atoms with van der Waals surface area (Å²) in [5.41, 5.74) is 3.20. The minimum atomic E-state index is -0.436. The molecule has 0 bridgehead atoms. The van der Waals surface area contributed by atoms with Gasteiger partial charge in [-0.15, -0.1) is 0 Å². The molecule has 2 heterocycles. The van der Waals surface area contributed by atoms with E-state index in [2.05, 4.69) is 21.4 Å². The molecule has 0 radical (unpaired) electrons. The summed E-state index contributed by atoms with van der Waals surface area (Å²) in [4.78, 5) is 24.3. The molecular formula is C16H11BrN2O3. The van der Waals surface area contributed by atoms with E-state index in [1.807, 2.05) is 6.07 Å². The van der Waals surface area contributed by atoms with Crippen LogP contribution in [-0.4, -0.2) is 11.8 Å². The number of anilines is 1. The van der Waals surface area contributed by atoms with E-state index in [0.717, 1.165) is 4.47 Å². The van der Waals surface area contributed by atoms with Crippen molar-refractivity contribution in [1.82, 2.24) is 5.43 Å². The van der Waals surface area contributed by atoms with Crippen LogP contribution in [0.1, 0.15) is 5.76 Å². The molecule has 5 nitrogen and oxygen atoms in total. The Labute approximate surface area is 135 Å². The molecule has 2 aromatic rings. The molecule has 0 saturated carbocycles. The molecule has 2 amide bonds. The Bertz CT molecular complexity index is 778. The average Bonchev–Trinajstić information content (AvgIpc) is 3.10. The highest BCUT2D eigenvalue weighted by Crippen LogP contribution is 2.23. The Morgan fingerprint density at radius 3 is 2.77 bits per heavy atom. The van der Waals surface area contributed by atoms with Gasteiger partial charge in [0.25, 0.3) is 11.8 Å². The number of hydrogen-bond donors (Lipinski definition) is 1. The number of nitrogens with zero attached hydrogens (tertiary/aromatic N) is 1. The van der Waals surface area contributed by atoms with Gasteiger partial charge in [-0.1, -0.05) is 28.1 Å². The lowest BCUT2D eigenvalue weighted by atomic mass is 10.2. The molecule has 6 heteroatoms. The van der Waals surface area contributed by atoms with Gasteiger partial charge in [0, 0.05) is 4.47 Å². The van der Waals surface area contributed by atoms with Gasteiger partial charge < -0.3 is 4.42 Å². The number of hydrazine groups is 1. The SMILES string of the molecule is O=C1NN(c2cccc(Br)c2)C(=O)/C1=C/C=C/c1ccco1. The van der Waals surface area contributed by atoms with Crippen LogP contribution in [0, 0.1) is 0 Å². The second kappa shape index (κ2) is 6.03. The van der Waals surface area contributed by atoms with Gasteiger partial charge in [0.2, 0.25) is 0 Å². The third-order valence-corrected chi connectivity index (χ3v) is 3.52. The van der Waals surface area contributed by atoms with Gasteiger partial charge in [-0.3, -0.25) is 15.0 Å². The largest absolute Gasteiger partial charge is 0.465 e. The maximum Gasteiger partial charge on any atom is 0.282 e. The predicted molar refractivity (Wildman–Crippen MR) is 85.6 cm³/mol. The number of hydrogen-bond acceptors (Lipinski definition) is 3. The molecule has 0 atom stereocenters. The van der Waals surface area contributed by atoms with Crippen molar-refractivity contribution in [3.8, 4) is 0 Å². The summed E-state index contributed by atoms with van der Waals surface area (Å²) in [7, 11) is 0. The number of furan rings is 1. The smallest absolute Gasteiger partial charge is 0.282 e. The van der Waals surface area contributed by atoms with Crippen molar-refractivity contribution >= 4 is 39.5 Å². The van der Waals surface area contributed by atoms with E-state index in [0.29, 0.717) is 11.4 Å². The highest BCUT2D eigenvalue weighted by atomic mass is 79.9. The second-order valence-corrected chi connectivity index (χ2v) is 5.43. The number of carbonyl (C=O) groups is 2. The summed E-state index contributed by atoms with van der Waals surface area (Å²) in [5.74, 6) is -0.187. The summed E-state index contributed by atoms with van der Waals surface area (Å²) in [6.45, 7) is 0. The molecule has 1 fully saturated rings. The highest BCUT2D eigenvalue weighted by Gasteiger charge is 2.33. The second-order valence-electron chi connectivity index (χ2n) is 4.52.